The lowest BCUT2D eigenvalue weighted by Gasteiger charge is -2.26. The normalized spacial score (nSPS) is 22.4. The summed E-state index contributed by atoms with van der Waals surface area (Å²) < 4.78 is 5.48. The number of hydrogen-bond acceptors (Lipinski definition) is 3. The Bertz CT molecular complexity index is 135. The van der Waals surface area contributed by atoms with Crippen LogP contribution in [0.1, 0.15) is 32.6 Å². The van der Waals surface area contributed by atoms with Crippen LogP contribution in [-0.4, -0.2) is 30.5 Å². The molecule has 0 aromatic rings. The molecule has 1 aliphatic carbocycles. The van der Waals surface area contributed by atoms with Crippen LogP contribution < -0.4 is 5.73 Å². The average molecular weight is 187 g/mol. The molecule has 3 nitrogen and oxygen atoms in total. The first-order chi connectivity index (χ1) is 6.24. The van der Waals surface area contributed by atoms with E-state index in [1.807, 2.05) is 6.92 Å². The molecule has 0 bridgehead atoms. The Morgan fingerprint density at radius 1 is 1.54 bits per heavy atom. The molecular formula is C10H21NO2. The molecule has 2 unspecified atom stereocenters. The summed E-state index contributed by atoms with van der Waals surface area (Å²) in [7, 11) is 0. The van der Waals surface area contributed by atoms with Crippen molar-refractivity contribution < 1.29 is 9.84 Å². The molecule has 0 aliphatic heterocycles. The van der Waals surface area contributed by atoms with E-state index in [1.54, 1.807) is 0 Å². The van der Waals surface area contributed by atoms with Crippen molar-refractivity contribution >= 4 is 0 Å². The molecule has 0 aromatic heterocycles. The summed E-state index contributed by atoms with van der Waals surface area (Å²) in [6, 6.07) is -0.0774. The molecule has 3 heteroatoms. The minimum atomic E-state index is -0.180. The average Bonchev–Trinajstić information content (AvgIpc) is 2.00. The lowest BCUT2D eigenvalue weighted by molar-refractivity contribution is -0.00795. The van der Waals surface area contributed by atoms with Gasteiger partial charge in [0.2, 0.25) is 0 Å². The van der Waals surface area contributed by atoms with Gasteiger partial charge in [-0.3, -0.25) is 0 Å². The van der Waals surface area contributed by atoms with Crippen molar-refractivity contribution in [3.8, 4) is 0 Å². The highest BCUT2D eigenvalue weighted by atomic mass is 16.5. The standard InChI is InChI=1S/C10H21NO2/c1-8(11)10(7-12)13-6-5-9-3-2-4-9/h8-10,12H,2-7,11H2,1H3. The van der Waals surface area contributed by atoms with E-state index in [0.717, 1.165) is 18.9 Å². The van der Waals surface area contributed by atoms with Gasteiger partial charge in [-0.2, -0.15) is 0 Å². The molecule has 0 spiro atoms. The highest BCUT2D eigenvalue weighted by Crippen LogP contribution is 2.29. The predicted octanol–water partition coefficient (Wildman–Crippen LogP) is 0.901. The fourth-order valence-electron chi connectivity index (χ4n) is 1.54. The SMILES string of the molecule is CC(N)C(CO)OCCC1CCC1. The van der Waals surface area contributed by atoms with Crippen molar-refractivity contribution in [3.05, 3.63) is 0 Å². The van der Waals surface area contributed by atoms with Gasteiger partial charge in [0.1, 0.15) is 0 Å². The van der Waals surface area contributed by atoms with E-state index in [9.17, 15) is 0 Å². The van der Waals surface area contributed by atoms with Crippen LogP contribution in [0.3, 0.4) is 0 Å². The van der Waals surface area contributed by atoms with Gasteiger partial charge in [-0.1, -0.05) is 19.3 Å². The Balaban J connectivity index is 2.01. The maximum atomic E-state index is 8.93. The summed E-state index contributed by atoms with van der Waals surface area (Å²) in [6.07, 6.45) is 5.03. The van der Waals surface area contributed by atoms with Gasteiger partial charge in [0.05, 0.1) is 12.7 Å². The van der Waals surface area contributed by atoms with E-state index in [1.165, 1.54) is 19.3 Å². The van der Waals surface area contributed by atoms with Crippen molar-refractivity contribution in [2.75, 3.05) is 13.2 Å². The number of aliphatic hydroxyl groups excluding tert-OH is 1. The Kier molecular flexibility index (Phi) is 4.70. The molecule has 0 saturated heterocycles. The Morgan fingerprint density at radius 3 is 2.62 bits per heavy atom. The zero-order valence-corrected chi connectivity index (χ0v) is 8.41. The number of rotatable bonds is 6. The van der Waals surface area contributed by atoms with Gasteiger partial charge in [-0.05, 0) is 19.3 Å². The van der Waals surface area contributed by atoms with Crippen molar-refractivity contribution in [1.29, 1.82) is 0 Å². The van der Waals surface area contributed by atoms with Crippen LogP contribution in [0.15, 0.2) is 0 Å². The second kappa shape index (κ2) is 5.58. The topological polar surface area (TPSA) is 55.5 Å². The molecule has 1 aliphatic rings. The van der Waals surface area contributed by atoms with Gasteiger partial charge in [-0.25, -0.2) is 0 Å². The van der Waals surface area contributed by atoms with E-state index in [4.69, 9.17) is 15.6 Å². The fraction of sp³-hybridized carbons (Fsp3) is 1.00. The highest BCUT2D eigenvalue weighted by Gasteiger charge is 2.18. The highest BCUT2D eigenvalue weighted by molar-refractivity contribution is 4.71. The van der Waals surface area contributed by atoms with Crippen LogP contribution in [0.5, 0.6) is 0 Å². The minimum Gasteiger partial charge on any atom is -0.394 e. The zero-order chi connectivity index (χ0) is 9.68. The molecule has 0 heterocycles. The van der Waals surface area contributed by atoms with Gasteiger partial charge in [0.15, 0.2) is 0 Å². The number of hydrogen-bond donors (Lipinski definition) is 2. The van der Waals surface area contributed by atoms with E-state index in [-0.39, 0.29) is 18.8 Å². The summed E-state index contributed by atoms with van der Waals surface area (Å²) in [6.45, 7) is 2.64. The van der Waals surface area contributed by atoms with E-state index < -0.39 is 0 Å². The van der Waals surface area contributed by atoms with Crippen molar-refractivity contribution in [2.24, 2.45) is 11.7 Å². The molecule has 78 valence electrons. The minimum absolute atomic E-state index is 0.0301. The van der Waals surface area contributed by atoms with Gasteiger partial charge < -0.3 is 15.6 Å². The smallest absolute Gasteiger partial charge is 0.0953 e. The molecule has 0 aromatic carbocycles. The third-order valence-electron chi connectivity index (χ3n) is 2.85. The third-order valence-corrected chi connectivity index (χ3v) is 2.85. The first-order valence-corrected chi connectivity index (χ1v) is 5.22. The second-order valence-corrected chi connectivity index (χ2v) is 4.04. The number of ether oxygens (including phenoxy) is 1. The van der Waals surface area contributed by atoms with Crippen LogP contribution in [0.4, 0.5) is 0 Å². The Labute approximate surface area is 80.3 Å². The first kappa shape index (κ1) is 11.0. The molecule has 1 fully saturated rings. The van der Waals surface area contributed by atoms with Gasteiger partial charge in [-0.15, -0.1) is 0 Å². The predicted molar refractivity (Wildman–Crippen MR) is 52.4 cm³/mol. The van der Waals surface area contributed by atoms with E-state index >= 15 is 0 Å². The summed E-state index contributed by atoms with van der Waals surface area (Å²) in [5.74, 6) is 0.868. The second-order valence-electron chi connectivity index (χ2n) is 4.04. The van der Waals surface area contributed by atoms with Crippen molar-refractivity contribution in [1.82, 2.24) is 0 Å². The van der Waals surface area contributed by atoms with E-state index in [0.29, 0.717) is 0 Å². The summed E-state index contributed by atoms with van der Waals surface area (Å²) in [5.41, 5.74) is 5.63. The number of aliphatic hydroxyl groups is 1. The zero-order valence-electron chi connectivity index (χ0n) is 8.41. The molecule has 0 amide bonds. The van der Waals surface area contributed by atoms with E-state index in [2.05, 4.69) is 0 Å². The van der Waals surface area contributed by atoms with Crippen LogP contribution in [-0.2, 0) is 4.74 Å². The van der Waals surface area contributed by atoms with Crippen LogP contribution >= 0.6 is 0 Å². The molecule has 1 rings (SSSR count). The van der Waals surface area contributed by atoms with Crippen LogP contribution in [0, 0.1) is 5.92 Å². The Morgan fingerprint density at radius 2 is 2.23 bits per heavy atom. The summed E-state index contributed by atoms with van der Waals surface area (Å²) >= 11 is 0. The van der Waals surface area contributed by atoms with Crippen molar-refractivity contribution in [2.45, 2.75) is 44.8 Å². The van der Waals surface area contributed by atoms with Gasteiger partial charge in [0, 0.05) is 12.6 Å². The molecule has 2 atom stereocenters. The summed E-state index contributed by atoms with van der Waals surface area (Å²) in [5, 5.41) is 8.93. The molecule has 1 saturated carbocycles. The quantitative estimate of drug-likeness (QED) is 0.649. The maximum Gasteiger partial charge on any atom is 0.0953 e. The van der Waals surface area contributed by atoms with Gasteiger partial charge in [0.25, 0.3) is 0 Å². The third kappa shape index (κ3) is 3.63. The molecule has 3 N–H and O–H groups in total. The van der Waals surface area contributed by atoms with Crippen LogP contribution in [0.25, 0.3) is 0 Å². The number of nitrogens with two attached hydrogens (primary N) is 1. The molecular weight excluding hydrogens is 166 g/mol. The fourth-order valence-corrected chi connectivity index (χ4v) is 1.54. The Hall–Kier alpha value is -0.120. The largest absolute Gasteiger partial charge is 0.394 e. The lowest BCUT2D eigenvalue weighted by atomic mass is 9.83. The van der Waals surface area contributed by atoms with Crippen LogP contribution in [0.2, 0.25) is 0 Å². The molecule has 0 radical (unpaired) electrons. The van der Waals surface area contributed by atoms with Gasteiger partial charge >= 0.3 is 0 Å². The monoisotopic (exact) mass is 187 g/mol. The lowest BCUT2D eigenvalue weighted by Crippen LogP contribution is -2.37. The maximum absolute atomic E-state index is 8.93. The first-order valence-electron chi connectivity index (χ1n) is 5.22. The summed E-state index contributed by atoms with van der Waals surface area (Å²) in [4.78, 5) is 0. The molecule has 13 heavy (non-hydrogen) atoms. The van der Waals surface area contributed by atoms with Crippen molar-refractivity contribution in [3.63, 3.8) is 0 Å².